The van der Waals surface area contributed by atoms with Gasteiger partial charge in [0.25, 0.3) is 0 Å². The van der Waals surface area contributed by atoms with Crippen LogP contribution in [0.1, 0.15) is 53.9 Å². The number of methoxy groups -OCH3 is 1. The molecule has 0 aromatic heterocycles. The Balaban J connectivity index is 2.66. The summed E-state index contributed by atoms with van der Waals surface area (Å²) in [5.74, 6) is 0.669. The Kier molecular flexibility index (Phi) is 6.46. The number of likely N-dealkylation sites (tertiary alicyclic amines) is 1. The highest BCUT2D eigenvalue weighted by Gasteiger charge is 2.37. The molecule has 0 aliphatic carbocycles. The zero-order valence-corrected chi connectivity index (χ0v) is 14.0. The van der Waals surface area contributed by atoms with Gasteiger partial charge in [-0.2, -0.15) is 0 Å². The molecule has 1 fully saturated rings. The van der Waals surface area contributed by atoms with Crippen molar-refractivity contribution < 1.29 is 9.53 Å². The van der Waals surface area contributed by atoms with Gasteiger partial charge >= 0.3 is 5.97 Å². The first-order chi connectivity index (χ1) is 9.28. The van der Waals surface area contributed by atoms with E-state index in [1.165, 1.54) is 20.0 Å². The Bertz CT molecular complexity index is 312. The first kappa shape index (κ1) is 17.4. The number of nitrogens with one attached hydrogen (secondary N) is 1. The largest absolute Gasteiger partial charge is 0.468 e. The maximum Gasteiger partial charge on any atom is 0.325 e. The molecular weight excluding hydrogens is 252 g/mol. The summed E-state index contributed by atoms with van der Waals surface area (Å²) in [5.41, 5.74) is -0.606. The lowest BCUT2D eigenvalue weighted by Gasteiger charge is -2.39. The minimum atomic E-state index is -0.606. The molecule has 0 spiro atoms. The van der Waals surface area contributed by atoms with Gasteiger partial charge in [-0.3, -0.25) is 10.1 Å². The molecule has 1 aliphatic rings. The molecule has 118 valence electrons. The molecule has 2 atom stereocenters. The lowest BCUT2D eigenvalue weighted by atomic mass is 9.90. The van der Waals surface area contributed by atoms with Crippen LogP contribution in [0.5, 0.6) is 0 Å². The lowest BCUT2D eigenvalue weighted by molar-refractivity contribution is -0.149. The second-order valence-electron chi connectivity index (χ2n) is 6.89. The number of carbonyl (C=O) groups is 1. The topological polar surface area (TPSA) is 41.6 Å². The number of rotatable bonds is 6. The van der Waals surface area contributed by atoms with E-state index in [0.717, 1.165) is 25.4 Å². The summed E-state index contributed by atoms with van der Waals surface area (Å²) >= 11 is 0. The molecule has 1 rings (SSSR count). The Morgan fingerprint density at radius 3 is 2.35 bits per heavy atom. The fourth-order valence-electron chi connectivity index (χ4n) is 3.25. The van der Waals surface area contributed by atoms with Gasteiger partial charge in [0.05, 0.1) is 7.11 Å². The molecule has 2 unspecified atom stereocenters. The van der Waals surface area contributed by atoms with Crippen molar-refractivity contribution in [3.05, 3.63) is 0 Å². The molecule has 1 saturated heterocycles. The fourth-order valence-corrected chi connectivity index (χ4v) is 3.25. The van der Waals surface area contributed by atoms with Crippen LogP contribution < -0.4 is 5.32 Å². The van der Waals surface area contributed by atoms with Crippen LogP contribution >= 0.6 is 0 Å². The van der Waals surface area contributed by atoms with E-state index in [1.807, 2.05) is 6.92 Å². The van der Waals surface area contributed by atoms with Crippen LogP contribution in [-0.4, -0.2) is 48.7 Å². The molecule has 0 saturated carbocycles. The minimum absolute atomic E-state index is 0.163. The lowest BCUT2D eigenvalue weighted by Crippen LogP contribution is -2.56. The third-order valence-corrected chi connectivity index (χ3v) is 4.39. The second-order valence-corrected chi connectivity index (χ2v) is 6.89. The molecule has 0 aromatic rings. The maximum absolute atomic E-state index is 12.1. The zero-order valence-electron chi connectivity index (χ0n) is 14.0. The number of esters is 1. The number of piperidine rings is 1. The van der Waals surface area contributed by atoms with Crippen molar-refractivity contribution >= 4 is 5.97 Å². The molecule has 0 bridgehead atoms. The Morgan fingerprint density at radius 1 is 1.35 bits per heavy atom. The molecule has 1 aliphatic heterocycles. The van der Waals surface area contributed by atoms with Crippen LogP contribution in [0.15, 0.2) is 0 Å². The van der Waals surface area contributed by atoms with Gasteiger partial charge in [-0.1, -0.05) is 6.92 Å². The summed E-state index contributed by atoms with van der Waals surface area (Å²) in [4.78, 5) is 14.6. The molecule has 1 heterocycles. The minimum Gasteiger partial charge on any atom is -0.468 e. The number of carbonyl (C=O) groups excluding carboxylic acids is 1. The second kappa shape index (κ2) is 7.41. The first-order valence-electron chi connectivity index (χ1n) is 7.88. The quantitative estimate of drug-likeness (QED) is 0.761. The normalized spacial score (nSPS) is 22.6. The molecule has 0 aromatic carbocycles. The van der Waals surface area contributed by atoms with Crippen molar-refractivity contribution in [1.29, 1.82) is 0 Å². The van der Waals surface area contributed by atoms with Crippen molar-refractivity contribution in [2.45, 2.75) is 71.5 Å². The average molecular weight is 284 g/mol. The van der Waals surface area contributed by atoms with Crippen molar-refractivity contribution in [2.24, 2.45) is 5.92 Å². The standard InChI is InChI=1S/C16H32N2O2/c1-12(2)17-16(5,15(19)20-6)11-14(4)18-9-7-13(3)8-10-18/h12-14,17H,7-11H2,1-6H3. The van der Waals surface area contributed by atoms with Crippen molar-refractivity contribution in [3.8, 4) is 0 Å². The van der Waals surface area contributed by atoms with Crippen molar-refractivity contribution in [2.75, 3.05) is 20.2 Å². The summed E-state index contributed by atoms with van der Waals surface area (Å²) < 4.78 is 5.00. The summed E-state index contributed by atoms with van der Waals surface area (Å²) in [5, 5.41) is 3.38. The van der Waals surface area contributed by atoms with E-state index in [1.54, 1.807) is 0 Å². The van der Waals surface area contributed by atoms with E-state index >= 15 is 0 Å². The third-order valence-electron chi connectivity index (χ3n) is 4.39. The highest BCUT2D eigenvalue weighted by molar-refractivity contribution is 5.80. The Morgan fingerprint density at radius 2 is 1.90 bits per heavy atom. The first-order valence-corrected chi connectivity index (χ1v) is 7.88. The van der Waals surface area contributed by atoms with Crippen LogP contribution in [0.3, 0.4) is 0 Å². The van der Waals surface area contributed by atoms with Gasteiger partial charge in [-0.15, -0.1) is 0 Å². The van der Waals surface area contributed by atoms with Crippen LogP contribution in [0.25, 0.3) is 0 Å². The van der Waals surface area contributed by atoms with Gasteiger partial charge in [0.15, 0.2) is 0 Å². The van der Waals surface area contributed by atoms with Crippen LogP contribution in [-0.2, 0) is 9.53 Å². The summed E-state index contributed by atoms with van der Waals surface area (Å²) in [6.07, 6.45) is 3.31. The van der Waals surface area contributed by atoms with Crippen molar-refractivity contribution in [3.63, 3.8) is 0 Å². The molecule has 0 radical (unpaired) electrons. The number of nitrogens with zero attached hydrogens (tertiary/aromatic N) is 1. The van der Waals surface area contributed by atoms with E-state index in [4.69, 9.17) is 4.74 Å². The molecule has 1 N–H and O–H groups in total. The molecular formula is C16H32N2O2. The third kappa shape index (κ3) is 4.74. The van der Waals surface area contributed by atoms with E-state index in [9.17, 15) is 4.79 Å². The highest BCUT2D eigenvalue weighted by Crippen LogP contribution is 2.23. The summed E-state index contributed by atoms with van der Waals surface area (Å²) in [6, 6.07) is 0.644. The molecule has 0 amide bonds. The van der Waals surface area contributed by atoms with Gasteiger partial charge in [0.1, 0.15) is 5.54 Å². The smallest absolute Gasteiger partial charge is 0.325 e. The Labute approximate surface area is 124 Å². The summed E-state index contributed by atoms with van der Waals surface area (Å²) in [7, 11) is 1.47. The van der Waals surface area contributed by atoms with E-state index in [2.05, 4.69) is 37.9 Å². The molecule has 4 heteroatoms. The predicted molar refractivity (Wildman–Crippen MR) is 82.7 cm³/mol. The van der Waals surface area contributed by atoms with Gasteiger partial charge < -0.3 is 9.64 Å². The van der Waals surface area contributed by atoms with E-state index < -0.39 is 5.54 Å². The van der Waals surface area contributed by atoms with Gasteiger partial charge in [0, 0.05) is 12.1 Å². The molecule has 20 heavy (non-hydrogen) atoms. The Hall–Kier alpha value is -0.610. The monoisotopic (exact) mass is 284 g/mol. The maximum atomic E-state index is 12.1. The molecule has 4 nitrogen and oxygen atoms in total. The van der Waals surface area contributed by atoms with Gasteiger partial charge in [0.2, 0.25) is 0 Å². The van der Waals surface area contributed by atoms with Gasteiger partial charge in [-0.25, -0.2) is 0 Å². The zero-order chi connectivity index (χ0) is 15.3. The summed E-state index contributed by atoms with van der Waals surface area (Å²) in [6.45, 7) is 12.9. The van der Waals surface area contributed by atoms with Crippen LogP contribution in [0, 0.1) is 5.92 Å². The fraction of sp³-hybridized carbons (Fsp3) is 0.938. The SMILES string of the molecule is COC(=O)C(C)(CC(C)N1CCC(C)CC1)NC(C)C. The predicted octanol–water partition coefficient (Wildman–Crippen LogP) is 2.43. The van der Waals surface area contributed by atoms with E-state index in [0.29, 0.717) is 6.04 Å². The van der Waals surface area contributed by atoms with E-state index in [-0.39, 0.29) is 12.0 Å². The van der Waals surface area contributed by atoms with Crippen LogP contribution in [0.4, 0.5) is 0 Å². The van der Waals surface area contributed by atoms with Crippen molar-refractivity contribution in [1.82, 2.24) is 10.2 Å². The number of ether oxygens (including phenoxy) is 1. The number of hydrogen-bond acceptors (Lipinski definition) is 4. The van der Waals surface area contributed by atoms with Gasteiger partial charge in [-0.05, 0) is 66.0 Å². The number of hydrogen-bond donors (Lipinski definition) is 1. The van der Waals surface area contributed by atoms with Crippen LogP contribution in [0.2, 0.25) is 0 Å². The average Bonchev–Trinajstić information content (AvgIpc) is 2.37. The highest BCUT2D eigenvalue weighted by atomic mass is 16.5.